The van der Waals surface area contributed by atoms with Crippen molar-refractivity contribution in [3.05, 3.63) is 0 Å². The maximum atomic E-state index is 10.5. The fourth-order valence-corrected chi connectivity index (χ4v) is 0.844. The lowest BCUT2D eigenvalue weighted by atomic mass is 10.7. The van der Waals surface area contributed by atoms with E-state index in [1.54, 1.807) is 0 Å². The molecular formula is C4H11N3O2S. The summed E-state index contributed by atoms with van der Waals surface area (Å²) >= 11 is 0. The molecule has 4 N–H and O–H groups in total. The van der Waals surface area contributed by atoms with Gasteiger partial charge in [-0.3, -0.25) is 5.41 Å². The molecule has 0 bridgehead atoms. The molecule has 60 valence electrons. The first-order valence-electron chi connectivity index (χ1n) is 2.67. The highest BCUT2D eigenvalue weighted by Gasteiger charge is 1.99. The first-order valence-corrected chi connectivity index (χ1v) is 4.73. The van der Waals surface area contributed by atoms with Crippen LogP contribution in [0.15, 0.2) is 0 Å². The van der Waals surface area contributed by atoms with Gasteiger partial charge in [-0.15, -0.1) is 0 Å². The smallest absolute Gasteiger partial charge is 0.185 e. The van der Waals surface area contributed by atoms with Crippen LogP contribution in [-0.4, -0.2) is 32.9 Å². The monoisotopic (exact) mass is 165 g/mol. The van der Waals surface area contributed by atoms with E-state index in [-0.39, 0.29) is 18.3 Å². The van der Waals surface area contributed by atoms with E-state index in [4.69, 9.17) is 11.1 Å². The first kappa shape index (κ1) is 9.22. The van der Waals surface area contributed by atoms with E-state index in [1.165, 1.54) is 0 Å². The Morgan fingerprint density at radius 2 is 2.20 bits per heavy atom. The van der Waals surface area contributed by atoms with Crippen LogP contribution < -0.4 is 11.1 Å². The Bertz CT molecular complexity index is 209. The highest BCUT2D eigenvalue weighted by atomic mass is 32.2. The molecule has 0 radical (unpaired) electrons. The van der Waals surface area contributed by atoms with Crippen molar-refractivity contribution in [1.29, 1.82) is 5.41 Å². The fraction of sp³-hybridized carbons (Fsp3) is 0.750. The molecule has 0 aromatic rings. The SMILES string of the molecule is CS(=O)(=O)CCNC(=N)N. The average molecular weight is 165 g/mol. The van der Waals surface area contributed by atoms with Crippen LogP contribution >= 0.6 is 0 Å². The molecule has 0 aliphatic carbocycles. The number of nitrogens with two attached hydrogens (primary N) is 1. The molecule has 0 aromatic carbocycles. The van der Waals surface area contributed by atoms with Crippen molar-refractivity contribution < 1.29 is 8.42 Å². The zero-order valence-electron chi connectivity index (χ0n) is 5.72. The molecule has 0 unspecified atom stereocenters. The van der Waals surface area contributed by atoms with Crippen molar-refractivity contribution in [1.82, 2.24) is 5.32 Å². The molecule has 0 heterocycles. The van der Waals surface area contributed by atoms with Crippen LogP contribution in [0.5, 0.6) is 0 Å². The number of rotatable bonds is 3. The molecular weight excluding hydrogens is 154 g/mol. The van der Waals surface area contributed by atoms with Gasteiger partial charge >= 0.3 is 0 Å². The van der Waals surface area contributed by atoms with Crippen LogP contribution in [-0.2, 0) is 9.84 Å². The fourth-order valence-electron chi connectivity index (χ4n) is 0.371. The van der Waals surface area contributed by atoms with Gasteiger partial charge in [-0.2, -0.15) is 0 Å². The topological polar surface area (TPSA) is 96.0 Å². The third kappa shape index (κ3) is 7.22. The van der Waals surface area contributed by atoms with E-state index in [0.29, 0.717) is 0 Å². The lowest BCUT2D eigenvalue weighted by molar-refractivity contribution is 0.600. The predicted octanol–water partition coefficient (Wildman–Crippen LogP) is -1.49. The van der Waals surface area contributed by atoms with Crippen LogP contribution in [0.3, 0.4) is 0 Å². The second-order valence-electron chi connectivity index (χ2n) is 1.97. The molecule has 0 saturated carbocycles. The number of hydrogen-bond donors (Lipinski definition) is 3. The van der Waals surface area contributed by atoms with Gasteiger partial charge in [-0.1, -0.05) is 0 Å². The van der Waals surface area contributed by atoms with Gasteiger partial charge in [0.25, 0.3) is 0 Å². The summed E-state index contributed by atoms with van der Waals surface area (Å²) in [5, 5.41) is 9.06. The van der Waals surface area contributed by atoms with E-state index in [0.717, 1.165) is 6.26 Å². The van der Waals surface area contributed by atoms with Gasteiger partial charge in [-0.25, -0.2) is 8.42 Å². The number of sulfone groups is 1. The van der Waals surface area contributed by atoms with Gasteiger partial charge in [0.2, 0.25) is 0 Å². The quantitative estimate of drug-likeness (QED) is 0.351. The van der Waals surface area contributed by atoms with Gasteiger partial charge in [0.1, 0.15) is 9.84 Å². The molecule has 0 amide bonds. The lowest BCUT2D eigenvalue weighted by Crippen LogP contribution is -2.33. The van der Waals surface area contributed by atoms with Gasteiger partial charge in [0, 0.05) is 12.8 Å². The Kier molecular flexibility index (Phi) is 3.14. The Labute approximate surface area is 60.0 Å². The molecule has 6 heteroatoms. The molecule has 10 heavy (non-hydrogen) atoms. The molecule has 0 rings (SSSR count). The maximum Gasteiger partial charge on any atom is 0.185 e. The molecule has 5 nitrogen and oxygen atoms in total. The molecule has 0 aromatic heterocycles. The molecule has 0 aliphatic rings. The second-order valence-corrected chi connectivity index (χ2v) is 4.23. The minimum atomic E-state index is -2.93. The molecule has 0 fully saturated rings. The first-order chi connectivity index (χ1) is 4.42. The summed E-state index contributed by atoms with van der Waals surface area (Å²) in [5.41, 5.74) is 4.90. The van der Waals surface area contributed by atoms with Crippen LogP contribution in [0.25, 0.3) is 0 Å². The van der Waals surface area contributed by atoms with Crippen molar-refractivity contribution in [2.24, 2.45) is 5.73 Å². The third-order valence-electron chi connectivity index (χ3n) is 0.788. The standard InChI is InChI=1S/C4H11N3O2S/c1-10(8,9)3-2-7-4(5)6/h2-3H2,1H3,(H4,5,6,7). The summed E-state index contributed by atoms with van der Waals surface area (Å²) in [4.78, 5) is 0. The summed E-state index contributed by atoms with van der Waals surface area (Å²) in [6.45, 7) is 0.203. The van der Waals surface area contributed by atoms with Crippen LogP contribution in [0.1, 0.15) is 0 Å². The Balaban J connectivity index is 3.49. The largest absolute Gasteiger partial charge is 0.370 e. The van der Waals surface area contributed by atoms with Gasteiger partial charge in [-0.05, 0) is 0 Å². The molecule has 0 aliphatic heterocycles. The summed E-state index contributed by atoms with van der Waals surface area (Å²) in [6.07, 6.45) is 1.13. The predicted molar refractivity (Wildman–Crippen MR) is 39.6 cm³/mol. The van der Waals surface area contributed by atoms with Crippen molar-refractivity contribution in [2.45, 2.75) is 0 Å². The van der Waals surface area contributed by atoms with Gasteiger partial charge < -0.3 is 11.1 Å². The molecule has 0 saturated heterocycles. The van der Waals surface area contributed by atoms with E-state index in [9.17, 15) is 8.42 Å². The highest BCUT2D eigenvalue weighted by Crippen LogP contribution is 1.77. The number of nitrogens with one attached hydrogen (secondary N) is 2. The molecule has 0 atom stereocenters. The zero-order valence-corrected chi connectivity index (χ0v) is 6.53. The summed E-state index contributed by atoms with van der Waals surface area (Å²) < 4.78 is 20.9. The van der Waals surface area contributed by atoms with Crippen LogP contribution in [0.4, 0.5) is 0 Å². The van der Waals surface area contributed by atoms with Crippen LogP contribution in [0.2, 0.25) is 0 Å². The summed E-state index contributed by atoms with van der Waals surface area (Å²) in [5.74, 6) is -0.198. The van der Waals surface area contributed by atoms with Gasteiger partial charge in [0.05, 0.1) is 5.75 Å². The number of hydrogen-bond acceptors (Lipinski definition) is 3. The highest BCUT2D eigenvalue weighted by molar-refractivity contribution is 7.90. The minimum absolute atomic E-state index is 0.00653. The third-order valence-corrected chi connectivity index (χ3v) is 1.73. The Morgan fingerprint density at radius 1 is 1.70 bits per heavy atom. The molecule has 0 spiro atoms. The van der Waals surface area contributed by atoms with Crippen molar-refractivity contribution >= 4 is 15.8 Å². The lowest BCUT2D eigenvalue weighted by Gasteiger charge is -2.00. The van der Waals surface area contributed by atoms with E-state index in [2.05, 4.69) is 5.32 Å². The zero-order chi connectivity index (χ0) is 8.20. The van der Waals surface area contributed by atoms with Crippen molar-refractivity contribution in [3.8, 4) is 0 Å². The van der Waals surface area contributed by atoms with E-state index < -0.39 is 9.84 Å². The van der Waals surface area contributed by atoms with E-state index in [1.807, 2.05) is 0 Å². The summed E-state index contributed by atoms with van der Waals surface area (Å²) in [7, 11) is -2.93. The van der Waals surface area contributed by atoms with Crippen molar-refractivity contribution in [3.63, 3.8) is 0 Å². The Hall–Kier alpha value is -0.780. The normalized spacial score (nSPS) is 10.9. The van der Waals surface area contributed by atoms with Gasteiger partial charge in [0.15, 0.2) is 5.96 Å². The Morgan fingerprint density at radius 3 is 2.50 bits per heavy atom. The van der Waals surface area contributed by atoms with Crippen LogP contribution in [0, 0.1) is 5.41 Å². The maximum absolute atomic E-state index is 10.5. The number of guanidine groups is 1. The average Bonchev–Trinajstić information content (AvgIpc) is 1.59. The minimum Gasteiger partial charge on any atom is -0.370 e. The summed E-state index contributed by atoms with van der Waals surface area (Å²) in [6, 6.07) is 0. The van der Waals surface area contributed by atoms with E-state index >= 15 is 0 Å². The van der Waals surface area contributed by atoms with Crippen molar-refractivity contribution in [2.75, 3.05) is 18.6 Å². The second kappa shape index (κ2) is 3.40.